The van der Waals surface area contributed by atoms with Crippen LogP contribution in [-0.4, -0.2) is 13.0 Å². The Kier molecular flexibility index (Phi) is 9.13. The Morgan fingerprint density at radius 3 is 1.94 bits per heavy atom. The fourth-order valence-electron chi connectivity index (χ4n) is 3.75. The predicted molar refractivity (Wildman–Crippen MR) is 146 cm³/mol. The molecule has 0 saturated heterocycles. The van der Waals surface area contributed by atoms with Crippen molar-refractivity contribution in [1.29, 1.82) is 5.41 Å². The third-order valence-corrected chi connectivity index (χ3v) is 6.26. The first kappa shape index (κ1) is 26.5. The zero-order valence-electron chi connectivity index (χ0n) is 20.8. The third-order valence-electron chi connectivity index (χ3n) is 6.26. The second-order valence-corrected chi connectivity index (χ2v) is 9.65. The van der Waals surface area contributed by atoms with E-state index in [4.69, 9.17) is 5.41 Å². The fourth-order valence-corrected chi connectivity index (χ4v) is 3.75. The summed E-state index contributed by atoms with van der Waals surface area (Å²) in [6, 6.07) is 27.6. The minimum absolute atomic E-state index is 0. The summed E-state index contributed by atoms with van der Waals surface area (Å²) in [4.78, 5) is 4.02. The van der Waals surface area contributed by atoms with Crippen LogP contribution in [0.1, 0.15) is 63.6 Å². The number of nitrogens with one attached hydrogen (secondary N) is 1. The molecule has 0 bridgehead atoms. The van der Waals surface area contributed by atoms with E-state index in [0.29, 0.717) is 18.4 Å². The average molecular weight is 464 g/mol. The lowest BCUT2D eigenvalue weighted by Crippen LogP contribution is -2.41. The minimum Gasteiger partial charge on any atom is -0.316 e. The van der Waals surface area contributed by atoms with Crippen LogP contribution in [-0.2, 0) is 12.0 Å². The lowest BCUT2D eigenvalue weighted by molar-refractivity contribution is 0.590. The summed E-state index contributed by atoms with van der Waals surface area (Å²) in [7, 11) is 1.96. The van der Waals surface area contributed by atoms with Crippen LogP contribution in [0.3, 0.4) is 0 Å². The van der Waals surface area contributed by atoms with Gasteiger partial charge in [0, 0.05) is 18.4 Å². The molecule has 0 heterocycles. The van der Waals surface area contributed by atoms with Crippen LogP contribution in [0.4, 0.5) is 11.4 Å². The Morgan fingerprint density at radius 2 is 1.42 bits per heavy atom. The predicted octanol–water partition coefficient (Wildman–Crippen LogP) is 8.00. The van der Waals surface area contributed by atoms with Crippen molar-refractivity contribution in [3.8, 4) is 0 Å². The monoisotopic (exact) mass is 463 g/mol. The summed E-state index contributed by atoms with van der Waals surface area (Å²) in [5, 5.41) is 9.04. The van der Waals surface area contributed by atoms with Crippen molar-refractivity contribution in [3.63, 3.8) is 0 Å². The Labute approximate surface area is 206 Å². The number of guanidine groups is 1. The summed E-state index contributed by atoms with van der Waals surface area (Å²) in [5.41, 5.74) is 6.02. The number of hydrogen-bond acceptors (Lipinski definition) is 1. The van der Waals surface area contributed by atoms with Crippen LogP contribution < -0.4 is 9.80 Å². The van der Waals surface area contributed by atoms with Crippen molar-refractivity contribution in [1.82, 2.24) is 0 Å². The molecule has 0 aliphatic rings. The molecule has 3 nitrogen and oxygen atoms in total. The van der Waals surface area contributed by atoms with E-state index < -0.39 is 0 Å². The molecule has 0 fully saturated rings. The molecule has 3 aromatic carbocycles. The van der Waals surface area contributed by atoms with Gasteiger partial charge in [-0.1, -0.05) is 89.2 Å². The smallest absolute Gasteiger partial charge is 0.202 e. The molecule has 4 heteroatoms. The maximum atomic E-state index is 9.04. The van der Waals surface area contributed by atoms with E-state index in [1.807, 2.05) is 42.3 Å². The topological polar surface area (TPSA) is 30.3 Å². The van der Waals surface area contributed by atoms with Gasteiger partial charge < -0.3 is 9.80 Å². The van der Waals surface area contributed by atoms with Gasteiger partial charge in [0.1, 0.15) is 0 Å². The SMILES string of the molecule is CCC(C)c1ccc(N(Cc2ccc(C(C)(C)C)cc2)C(=N)N(C)c2ccccc2)cc1.Cl. The zero-order valence-corrected chi connectivity index (χ0v) is 21.6. The van der Waals surface area contributed by atoms with Crippen LogP contribution in [0.2, 0.25) is 0 Å². The van der Waals surface area contributed by atoms with E-state index in [2.05, 4.69) is 88.0 Å². The minimum atomic E-state index is 0. The highest BCUT2D eigenvalue weighted by Gasteiger charge is 2.19. The van der Waals surface area contributed by atoms with Gasteiger partial charge in [0.05, 0.1) is 6.54 Å². The molecule has 176 valence electrons. The molecule has 0 aliphatic heterocycles. The summed E-state index contributed by atoms with van der Waals surface area (Å²) < 4.78 is 0. The van der Waals surface area contributed by atoms with Crippen molar-refractivity contribution in [2.75, 3.05) is 16.8 Å². The number of anilines is 2. The van der Waals surface area contributed by atoms with E-state index in [1.165, 1.54) is 16.7 Å². The van der Waals surface area contributed by atoms with Crippen molar-refractivity contribution < 1.29 is 0 Å². The van der Waals surface area contributed by atoms with Crippen molar-refractivity contribution >= 4 is 29.7 Å². The molecule has 0 spiro atoms. The van der Waals surface area contributed by atoms with Gasteiger partial charge in [0.15, 0.2) is 0 Å². The van der Waals surface area contributed by atoms with E-state index in [0.717, 1.165) is 17.8 Å². The summed E-state index contributed by atoms with van der Waals surface area (Å²) in [6.45, 7) is 11.8. The van der Waals surface area contributed by atoms with Crippen molar-refractivity contribution in [2.45, 2.75) is 58.9 Å². The van der Waals surface area contributed by atoms with Crippen LogP contribution in [0.15, 0.2) is 78.9 Å². The molecule has 0 aromatic heterocycles. The fraction of sp³-hybridized carbons (Fsp3) is 0.345. The average Bonchev–Trinajstić information content (AvgIpc) is 2.81. The van der Waals surface area contributed by atoms with Crippen LogP contribution in [0.5, 0.6) is 0 Å². The molecule has 3 aromatic rings. The molecule has 0 aliphatic carbocycles. The maximum Gasteiger partial charge on any atom is 0.202 e. The second kappa shape index (κ2) is 11.4. The normalized spacial score (nSPS) is 11.9. The Morgan fingerprint density at radius 1 is 0.848 bits per heavy atom. The van der Waals surface area contributed by atoms with Gasteiger partial charge >= 0.3 is 0 Å². The number of halogens is 1. The van der Waals surface area contributed by atoms with Crippen LogP contribution in [0, 0.1) is 5.41 Å². The van der Waals surface area contributed by atoms with Crippen molar-refractivity contribution in [3.05, 3.63) is 95.6 Å². The number of para-hydroxylation sites is 1. The number of hydrogen-bond donors (Lipinski definition) is 1. The maximum absolute atomic E-state index is 9.04. The van der Waals surface area contributed by atoms with E-state index in [-0.39, 0.29) is 17.8 Å². The molecule has 1 atom stereocenters. The lowest BCUT2D eigenvalue weighted by atomic mass is 9.87. The lowest BCUT2D eigenvalue weighted by Gasteiger charge is -2.32. The van der Waals surface area contributed by atoms with E-state index in [1.54, 1.807) is 0 Å². The molecule has 0 radical (unpaired) electrons. The molecular formula is C29H38ClN3. The van der Waals surface area contributed by atoms with E-state index >= 15 is 0 Å². The van der Waals surface area contributed by atoms with Gasteiger partial charge in [-0.15, -0.1) is 12.4 Å². The largest absolute Gasteiger partial charge is 0.316 e. The number of nitrogens with zero attached hydrogens (tertiary/aromatic N) is 2. The van der Waals surface area contributed by atoms with E-state index in [9.17, 15) is 0 Å². The van der Waals surface area contributed by atoms with Gasteiger partial charge in [0.25, 0.3) is 0 Å². The summed E-state index contributed by atoms with van der Waals surface area (Å²) in [6.07, 6.45) is 1.12. The highest BCUT2D eigenvalue weighted by molar-refractivity contribution is 6.04. The van der Waals surface area contributed by atoms with Gasteiger partial charge in [-0.05, 0) is 58.7 Å². The molecular weight excluding hydrogens is 426 g/mol. The number of benzene rings is 3. The summed E-state index contributed by atoms with van der Waals surface area (Å²) in [5.74, 6) is 0.987. The van der Waals surface area contributed by atoms with Crippen LogP contribution >= 0.6 is 12.4 Å². The molecule has 0 amide bonds. The molecule has 1 N–H and O–H groups in total. The molecule has 33 heavy (non-hydrogen) atoms. The quantitative estimate of drug-likeness (QED) is 0.296. The Bertz CT molecular complexity index is 1010. The molecule has 3 rings (SSSR count). The first-order valence-corrected chi connectivity index (χ1v) is 11.5. The first-order chi connectivity index (χ1) is 15.2. The second-order valence-electron chi connectivity index (χ2n) is 9.65. The molecule has 0 saturated carbocycles. The molecule has 1 unspecified atom stereocenters. The van der Waals surface area contributed by atoms with Gasteiger partial charge in [0.2, 0.25) is 5.96 Å². The van der Waals surface area contributed by atoms with Gasteiger partial charge in [-0.25, -0.2) is 0 Å². The Hall–Kier alpha value is -2.78. The van der Waals surface area contributed by atoms with Gasteiger partial charge in [-0.2, -0.15) is 0 Å². The zero-order chi connectivity index (χ0) is 23.3. The van der Waals surface area contributed by atoms with Crippen LogP contribution in [0.25, 0.3) is 0 Å². The highest BCUT2D eigenvalue weighted by Crippen LogP contribution is 2.27. The first-order valence-electron chi connectivity index (χ1n) is 11.5. The van der Waals surface area contributed by atoms with Gasteiger partial charge in [-0.3, -0.25) is 5.41 Å². The highest BCUT2D eigenvalue weighted by atomic mass is 35.5. The third kappa shape index (κ3) is 6.61. The van der Waals surface area contributed by atoms with Crippen molar-refractivity contribution in [2.24, 2.45) is 0 Å². The summed E-state index contributed by atoms with van der Waals surface area (Å²) >= 11 is 0. The number of rotatable bonds is 6. The Balaban J connectivity index is 0.00000385. The standard InChI is InChI=1S/C29H37N3.ClH/c1-7-22(2)24-15-19-27(20-16-24)32(28(30)31(6)26-11-9-8-10-12-26)21-23-13-17-25(18-14-23)29(3,4)5;/h8-20,22,30H,7,21H2,1-6H3;1H.